The molecule has 0 radical (unpaired) electrons. The maximum absolute atomic E-state index is 6.19. The quantitative estimate of drug-likeness (QED) is 0.315. The smallest absolute Gasteiger partial charge is 0.191 e. The first kappa shape index (κ1) is 24.6. The number of hydrogen-bond donors (Lipinski definition) is 2. The number of nitrogens with one attached hydrogen (secondary N) is 2. The van der Waals surface area contributed by atoms with Crippen molar-refractivity contribution in [1.82, 2.24) is 20.2 Å². The van der Waals surface area contributed by atoms with Crippen molar-refractivity contribution in [2.24, 2.45) is 10.9 Å². The van der Waals surface area contributed by atoms with E-state index in [1.807, 2.05) is 30.6 Å². The Kier molecular flexibility index (Phi) is 9.54. The van der Waals surface area contributed by atoms with Crippen LogP contribution in [0.1, 0.15) is 26.1 Å². The molecule has 0 aliphatic carbocycles. The molecule has 0 saturated carbocycles. The van der Waals surface area contributed by atoms with E-state index in [1.165, 1.54) is 0 Å². The Labute approximate surface area is 201 Å². The van der Waals surface area contributed by atoms with E-state index in [0.717, 1.165) is 49.3 Å². The van der Waals surface area contributed by atoms with Crippen LogP contribution in [0.5, 0.6) is 5.75 Å². The van der Waals surface area contributed by atoms with E-state index in [2.05, 4.69) is 43.9 Å². The molecular weight excluding hydrogens is 515 g/mol. The number of rotatable bonds is 7. The molecule has 30 heavy (non-hydrogen) atoms. The minimum atomic E-state index is 0. The zero-order chi connectivity index (χ0) is 20.8. The summed E-state index contributed by atoms with van der Waals surface area (Å²) in [5.41, 5.74) is 1.03. The highest BCUT2D eigenvalue weighted by atomic mass is 127. The monoisotopic (exact) mass is 546 g/mol. The van der Waals surface area contributed by atoms with Crippen molar-refractivity contribution in [3.8, 4) is 5.75 Å². The van der Waals surface area contributed by atoms with Crippen molar-refractivity contribution in [2.45, 2.75) is 39.4 Å². The molecule has 0 spiro atoms. The first-order valence-corrected chi connectivity index (χ1v) is 10.4. The summed E-state index contributed by atoms with van der Waals surface area (Å²) in [6, 6.07) is 6.02. The van der Waals surface area contributed by atoms with Gasteiger partial charge in [0.05, 0.1) is 19.3 Å². The lowest BCUT2D eigenvalue weighted by Crippen LogP contribution is -2.44. The molecule has 1 aromatic carbocycles. The third-order valence-corrected chi connectivity index (χ3v) is 5.25. The molecular formula is C21H32ClIN6O. The second-order valence-corrected chi connectivity index (χ2v) is 8.14. The van der Waals surface area contributed by atoms with Gasteiger partial charge in [-0.15, -0.1) is 24.0 Å². The second-order valence-electron chi connectivity index (χ2n) is 7.71. The molecule has 166 valence electrons. The maximum atomic E-state index is 6.19. The number of halogens is 2. The standard InChI is InChI=1S/C21H31ClN6O.HI/c1-15(2)13-28-10-8-24-20(28)12-25-21(23-3)26-17-7-9-27(14-17)18-11-16(22)5-6-19(18)29-4;/h5-6,8,10-11,15,17H,7,9,12-14H2,1-4H3,(H2,23,25,26);1H. The van der Waals surface area contributed by atoms with Crippen molar-refractivity contribution in [3.63, 3.8) is 0 Å². The maximum Gasteiger partial charge on any atom is 0.191 e. The van der Waals surface area contributed by atoms with Crippen molar-refractivity contribution in [3.05, 3.63) is 41.4 Å². The van der Waals surface area contributed by atoms with E-state index >= 15 is 0 Å². The van der Waals surface area contributed by atoms with Crippen LogP contribution in [-0.2, 0) is 13.1 Å². The van der Waals surface area contributed by atoms with E-state index in [0.29, 0.717) is 23.5 Å². The molecule has 0 amide bonds. The van der Waals surface area contributed by atoms with Gasteiger partial charge in [-0.1, -0.05) is 25.4 Å². The van der Waals surface area contributed by atoms with Crippen LogP contribution in [0.15, 0.2) is 35.6 Å². The van der Waals surface area contributed by atoms with E-state index in [9.17, 15) is 0 Å². The Hall–Kier alpha value is -1.68. The number of aromatic nitrogens is 2. The summed E-state index contributed by atoms with van der Waals surface area (Å²) < 4.78 is 7.69. The summed E-state index contributed by atoms with van der Waals surface area (Å²) in [5.74, 6) is 3.22. The van der Waals surface area contributed by atoms with Gasteiger partial charge in [-0.3, -0.25) is 4.99 Å². The van der Waals surface area contributed by atoms with Crippen molar-refractivity contribution in [1.29, 1.82) is 0 Å². The van der Waals surface area contributed by atoms with Gasteiger partial charge in [0, 0.05) is 50.1 Å². The minimum absolute atomic E-state index is 0. The number of anilines is 1. The predicted octanol–water partition coefficient (Wildman–Crippen LogP) is 3.76. The molecule has 1 aromatic heterocycles. The lowest BCUT2D eigenvalue weighted by atomic mass is 10.2. The third kappa shape index (κ3) is 6.41. The predicted molar refractivity (Wildman–Crippen MR) is 134 cm³/mol. The third-order valence-electron chi connectivity index (χ3n) is 5.01. The molecule has 2 aromatic rings. The fourth-order valence-corrected chi connectivity index (χ4v) is 3.79. The lowest BCUT2D eigenvalue weighted by molar-refractivity contribution is 0.415. The number of ether oxygens (including phenoxy) is 1. The average Bonchev–Trinajstić information content (AvgIpc) is 3.34. The molecule has 1 aliphatic rings. The summed E-state index contributed by atoms with van der Waals surface area (Å²) in [6.07, 6.45) is 4.89. The molecule has 2 N–H and O–H groups in total. The Morgan fingerprint density at radius 2 is 2.20 bits per heavy atom. The molecule has 1 atom stereocenters. The highest BCUT2D eigenvalue weighted by Gasteiger charge is 2.25. The fraction of sp³-hybridized carbons (Fsp3) is 0.524. The summed E-state index contributed by atoms with van der Waals surface area (Å²) in [5, 5.41) is 7.63. The Morgan fingerprint density at radius 3 is 2.90 bits per heavy atom. The van der Waals surface area contributed by atoms with Gasteiger partial charge >= 0.3 is 0 Å². The van der Waals surface area contributed by atoms with Crippen LogP contribution in [0.4, 0.5) is 5.69 Å². The Morgan fingerprint density at radius 1 is 1.40 bits per heavy atom. The number of aliphatic imine (C=N–C) groups is 1. The molecule has 1 fully saturated rings. The topological polar surface area (TPSA) is 66.7 Å². The van der Waals surface area contributed by atoms with Crippen molar-refractivity contribution >= 4 is 47.2 Å². The van der Waals surface area contributed by atoms with E-state index < -0.39 is 0 Å². The number of nitrogens with zero attached hydrogens (tertiary/aromatic N) is 4. The van der Waals surface area contributed by atoms with Crippen molar-refractivity contribution < 1.29 is 4.74 Å². The van der Waals surface area contributed by atoms with Gasteiger partial charge in [0.15, 0.2) is 5.96 Å². The highest BCUT2D eigenvalue weighted by molar-refractivity contribution is 14.0. The number of benzene rings is 1. The van der Waals surface area contributed by atoms with Crippen LogP contribution in [0.2, 0.25) is 5.02 Å². The van der Waals surface area contributed by atoms with Crippen LogP contribution in [-0.4, -0.2) is 48.8 Å². The first-order valence-electron chi connectivity index (χ1n) is 10.1. The van der Waals surface area contributed by atoms with Crippen LogP contribution in [0.3, 0.4) is 0 Å². The summed E-state index contributed by atoms with van der Waals surface area (Å²) in [7, 11) is 3.48. The zero-order valence-corrected chi connectivity index (χ0v) is 21.1. The number of guanidine groups is 1. The van der Waals surface area contributed by atoms with E-state index in [1.54, 1.807) is 14.2 Å². The molecule has 1 saturated heterocycles. The summed E-state index contributed by atoms with van der Waals surface area (Å²) in [6.45, 7) is 7.81. The van der Waals surface area contributed by atoms with Gasteiger partial charge < -0.3 is 24.8 Å². The fourth-order valence-electron chi connectivity index (χ4n) is 3.62. The molecule has 3 rings (SSSR count). The van der Waals surface area contributed by atoms with Gasteiger partial charge in [-0.25, -0.2) is 4.98 Å². The highest BCUT2D eigenvalue weighted by Crippen LogP contribution is 2.33. The van der Waals surface area contributed by atoms with Crippen LogP contribution in [0.25, 0.3) is 0 Å². The molecule has 1 unspecified atom stereocenters. The Balaban J connectivity index is 0.00000320. The minimum Gasteiger partial charge on any atom is -0.495 e. The Bertz CT molecular complexity index is 841. The molecule has 1 aliphatic heterocycles. The van der Waals surface area contributed by atoms with E-state index in [-0.39, 0.29) is 24.0 Å². The van der Waals surface area contributed by atoms with Gasteiger partial charge in [-0.2, -0.15) is 0 Å². The zero-order valence-electron chi connectivity index (χ0n) is 18.1. The van der Waals surface area contributed by atoms with E-state index in [4.69, 9.17) is 16.3 Å². The van der Waals surface area contributed by atoms with Gasteiger partial charge in [0.25, 0.3) is 0 Å². The summed E-state index contributed by atoms with van der Waals surface area (Å²) >= 11 is 6.19. The first-order chi connectivity index (χ1) is 14.0. The number of imidazole rings is 1. The van der Waals surface area contributed by atoms with Crippen LogP contribution >= 0.6 is 35.6 Å². The molecule has 9 heteroatoms. The second kappa shape index (κ2) is 11.6. The normalized spacial score (nSPS) is 16.5. The van der Waals surface area contributed by atoms with Gasteiger partial charge in [-0.05, 0) is 30.5 Å². The van der Waals surface area contributed by atoms with Crippen LogP contribution in [0, 0.1) is 5.92 Å². The average molecular weight is 547 g/mol. The molecule has 7 nitrogen and oxygen atoms in total. The molecule has 0 bridgehead atoms. The number of hydrogen-bond acceptors (Lipinski definition) is 4. The van der Waals surface area contributed by atoms with Crippen molar-refractivity contribution in [2.75, 3.05) is 32.1 Å². The lowest BCUT2D eigenvalue weighted by Gasteiger charge is -2.22. The largest absolute Gasteiger partial charge is 0.495 e. The van der Waals surface area contributed by atoms with Crippen LogP contribution < -0.4 is 20.3 Å². The summed E-state index contributed by atoms with van der Waals surface area (Å²) in [4.78, 5) is 11.1. The number of methoxy groups -OCH3 is 1. The SMILES string of the molecule is CN=C(NCc1nccn1CC(C)C)NC1CCN(c2cc(Cl)ccc2OC)C1.I. The molecule has 2 heterocycles. The van der Waals surface area contributed by atoms with Gasteiger partial charge in [0.2, 0.25) is 0 Å². The van der Waals surface area contributed by atoms with Gasteiger partial charge in [0.1, 0.15) is 11.6 Å².